The summed E-state index contributed by atoms with van der Waals surface area (Å²) in [4.78, 5) is 25.3. The number of esters is 1. The van der Waals surface area contributed by atoms with Crippen LogP contribution in [0.15, 0.2) is 29.5 Å². The molecule has 0 unspecified atom stereocenters. The van der Waals surface area contributed by atoms with Crippen molar-refractivity contribution >= 4 is 17.6 Å². The van der Waals surface area contributed by atoms with Crippen molar-refractivity contribution in [3.8, 4) is 11.5 Å². The van der Waals surface area contributed by atoms with Gasteiger partial charge in [0.05, 0.1) is 31.5 Å². The molecule has 0 aromatic heterocycles. The number of carbonyl (C=O) groups excluding carboxylic acids is 2. The number of ether oxygens (including phenoxy) is 1. The molecule has 22 heavy (non-hydrogen) atoms. The molecule has 118 valence electrons. The summed E-state index contributed by atoms with van der Waals surface area (Å²) in [6, 6.07) is 3.75. The molecule has 0 aliphatic carbocycles. The van der Waals surface area contributed by atoms with E-state index in [0.717, 1.165) is 0 Å². The van der Waals surface area contributed by atoms with Gasteiger partial charge in [-0.25, -0.2) is 4.79 Å². The highest BCUT2D eigenvalue weighted by Crippen LogP contribution is 2.31. The minimum Gasteiger partial charge on any atom is -0.508 e. The number of hydrogen-bond donors (Lipinski definition) is 4. The highest BCUT2D eigenvalue weighted by atomic mass is 16.5. The molecule has 0 bridgehead atoms. The van der Waals surface area contributed by atoms with Crippen LogP contribution >= 0.6 is 0 Å². The standard InChI is InChI=1S/C14H16N2O6/c1-22-14(21)9-7-16(4-5-17)13(20)12(9)15-10-6-8(18)2-3-11(10)19/h2-3,6,15,17-19H,4-5,7H2,1H3. The van der Waals surface area contributed by atoms with Crippen LogP contribution in [0.3, 0.4) is 0 Å². The first-order valence-corrected chi connectivity index (χ1v) is 6.48. The van der Waals surface area contributed by atoms with Gasteiger partial charge in [-0.2, -0.15) is 0 Å². The minimum absolute atomic E-state index is 0.00597. The Morgan fingerprint density at radius 3 is 2.77 bits per heavy atom. The number of phenolic OH excluding ortho intramolecular Hbond substituents is 2. The van der Waals surface area contributed by atoms with E-state index in [4.69, 9.17) is 5.11 Å². The summed E-state index contributed by atoms with van der Waals surface area (Å²) in [7, 11) is 1.19. The minimum atomic E-state index is -0.684. The van der Waals surface area contributed by atoms with Gasteiger partial charge < -0.3 is 30.3 Å². The molecule has 2 rings (SSSR count). The Morgan fingerprint density at radius 1 is 1.41 bits per heavy atom. The number of rotatable bonds is 5. The lowest BCUT2D eigenvalue weighted by Gasteiger charge is -2.15. The SMILES string of the molecule is COC(=O)C1=C(Nc2cc(O)ccc2O)C(=O)N(CCO)C1. The number of amides is 1. The van der Waals surface area contributed by atoms with Crippen LogP contribution in [0.4, 0.5) is 5.69 Å². The van der Waals surface area contributed by atoms with Gasteiger partial charge in [0.15, 0.2) is 0 Å². The molecule has 0 radical (unpaired) electrons. The van der Waals surface area contributed by atoms with Crippen LogP contribution in [-0.4, -0.2) is 58.9 Å². The van der Waals surface area contributed by atoms with E-state index in [0.29, 0.717) is 0 Å². The van der Waals surface area contributed by atoms with Gasteiger partial charge in [-0.1, -0.05) is 0 Å². The molecule has 0 fully saturated rings. The summed E-state index contributed by atoms with van der Waals surface area (Å²) in [5, 5.41) is 30.8. The van der Waals surface area contributed by atoms with Gasteiger partial charge in [0.25, 0.3) is 5.91 Å². The Labute approximate surface area is 126 Å². The average molecular weight is 308 g/mol. The predicted octanol–water partition coefficient (Wildman–Crippen LogP) is -0.229. The summed E-state index contributed by atoms with van der Waals surface area (Å²) in [5.41, 5.74) is 0.112. The molecule has 1 aliphatic rings. The summed E-state index contributed by atoms with van der Waals surface area (Å²) < 4.78 is 4.64. The van der Waals surface area contributed by atoms with Crippen molar-refractivity contribution in [1.82, 2.24) is 4.90 Å². The number of phenols is 2. The Hall–Kier alpha value is -2.74. The van der Waals surface area contributed by atoms with Gasteiger partial charge in [0, 0.05) is 12.6 Å². The topological polar surface area (TPSA) is 119 Å². The average Bonchev–Trinajstić information content (AvgIpc) is 2.80. The smallest absolute Gasteiger partial charge is 0.337 e. The van der Waals surface area contributed by atoms with Crippen molar-refractivity contribution in [2.24, 2.45) is 0 Å². The maximum atomic E-state index is 12.3. The molecule has 0 atom stereocenters. The number of methoxy groups -OCH3 is 1. The lowest BCUT2D eigenvalue weighted by Crippen LogP contribution is -2.31. The normalized spacial score (nSPS) is 14.5. The molecule has 8 heteroatoms. The lowest BCUT2D eigenvalue weighted by molar-refractivity contribution is -0.136. The maximum Gasteiger partial charge on any atom is 0.337 e. The fraction of sp³-hybridized carbons (Fsp3) is 0.286. The molecule has 1 amide bonds. The van der Waals surface area contributed by atoms with Crippen molar-refractivity contribution in [3.63, 3.8) is 0 Å². The number of β-amino-alcohol motifs (C(OH)–C–C–N with tert-alkyl or cyclic N) is 1. The van der Waals surface area contributed by atoms with Crippen LogP contribution in [0.5, 0.6) is 11.5 Å². The van der Waals surface area contributed by atoms with Gasteiger partial charge in [-0.15, -0.1) is 0 Å². The highest BCUT2D eigenvalue weighted by Gasteiger charge is 2.34. The van der Waals surface area contributed by atoms with E-state index < -0.39 is 11.9 Å². The number of hydrogen-bond acceptors (Lipinski definition) is 7. The number of aliphatic hydroxyl groups excluding tert-OH is 1. The zero-order valence-corrected chi connectivity index (χ0v) is 11.9. The highest BCUT2D eigenvalue weighted by molar-refractivity contribution is 6.08. The number of carbonyl (C=O) groups is 2. The largest absolute Gasteiger partial charge is 0.508 e. The van der Waals surface area contributed by atoms with Gasteiger partial charge in [0.2, 0.25) is 0 Å². The van der Waals surface area contributed by atoms with Crippen LogP contribution in [0.25, 0.3) is 0 Å². The Bertz CT molecular complexity index is 640. The third-order valence-corrected chi connectivity index (χ3v) is 3.19. The monoisotopic (exact) mass is 308 g/mol. The number of benzene rings is 1. The van der Waals surface area contributed by atoms with Crippen molar-refractivity contribution in [1.29, 1.82) is 0 Å². The molecule has 1 heterocycles. The van der Waals surface area contributed by atoms with E-state index in [9.17, 15) is 19.8 Å². The summed E-state index contributed by atoms with van der Waals surface area (Å²) in [5.74, 6) is -1.49. The first-order valence-electron chi connectivity index (χ1n) is 6.48. The molecule has 1 aromatic carbocycles. The zero-order chi connectivity index (χ0) is 16.3. The van der Waals surface area contributed by atoms with Crippen LogP contribution in [-0.2, 0) is 14.3 Å². The van der Waals surface area contributed by atoms with E-state index in [1.165, 1.54) is 30.2 Å². The third kappa shape index (κ3) is 2.96. The Kier molecular flexibility index (Phi) is 4.52. The fourth-order valence-electron chi connectivity index (χ4n) is 2.11. The molecular formula is C14H16N2O6. The first kappa shape index (κ1) is 15.6. The van der Waals surface area contributed by atoms with Crippen molar-refractivity contribution in [2.75, 3.05) is 32.1 Å². The summed E-state index contributed by atoms with van der Waals surface area (Å²) in [6.07, 6.45) is 0. The van der Waals surface area contributed by atoms with E-state index >= 15 is 0 Å². The van der Waals surface area contributed by atoms with Crippen LogP contribution < -0.4 is 5.32 Å². The molecule has 1 aromatic rings. The number of aliphatic hydroxyl groups is 1. The van der Waals surface area contributed by atoms with Gasteiger partial charge in [-0.05, 0) is 12.1 Å². The van der Waals surface area contributed by atoms with Crippen molar-refractivity contribution in [2.45, 2.75) is 0 Å². The molecule has 1 aliphatic heterocycles. The lowest BCUT2D eigenvalue weighted by atomic mass is 10.2. The zero-order valence-electron chi connectivity index (χ0n) is 11.9. The van der Waals surface area contributed by atoms with Crippen molar-refractivity contribution in [3.05, 3.63) is 29.5 Å². The maximum absolute atomic E-state index is 12.3. The first-order chi connectivity index (χ1) is 10.5. The Morgan fingerprint density at radius 2 is 2.14 bits per heavy atom. The molecule has 0 spiro atoms. The Balaban J connectivity index is 2.36. The second-order valence-corrected chi connectivity index (χ2v) is 4.62. The number of aromatic hydroxyl groups is 2. The van der Waals surface area contributed by atoms with Gasteiger partial charge in [0.1, 0.15) is 17.2 Å². The molecule has 4 N–H and O–H groups in total. The van der Waals surface area contributed by atoms with Gasteiger partial charge >= 0.3 is 5.97 Å². The predicted molar refractivity (Wildman–Crippen MR) is 76.1 cm³/mol. The van der Waals surface area contributed by atoms with E-state index in [-0.39, 0.29) is 48.2 Å². The van der Waals surface area contributed by atoms with E-state index in [2.05, 4.69) is 10.1 Å². The molecular weight excluding hydrogens is 292 g/mol. The third-order valence-electron chi connectivity index (χ3n) is 3.19. The second kappa shape index (κ2) is 6.35. The number of anilines is 1. The van der Waals surface area contributed by atoms with Crippen LogP contribution in [0.1, 0.15) is 0 Å². The van der Waals surface area contributed by atoms with Crippen LogP contribution in [0.2, 0.25) is 0 Å². The second-order valence-electron chi connectivity index (χ2n) is 4.62. The van der Waals surface area contributed by atoms with E-state index in [1.807, 2.05) is 0 Å². The fourth-order valence-corrected chi connectivity index (χ4v) is 2.11. The molecule has 0 saturated carbocycles. The van der Waals surface area contributed by atoms with Gasteiger partial charge in [-0.3, -0.25) is 4.79 Å². The summed E-state index contributed by atoms with van der Waals surface area (Å²) in [6.45, 7) is -0.185. The van der Waals surface area contributed by atoms with Crippen LogP contribution in [0, 0.1) is 0 Å². The van der Waals surface area contributed by atoms with Crippen molar-refractivity contribution < 1.29 is 29.6 Å². The molecule has 0 saturated heterocycles. The quantitative estimate of drug-likeness (QED) is 0.337. The van der Waals surface area contributed by atoms with E-state index in [1.54, 1.807) is 0 Å². The molecule has 8 nitrogen and oxygen atoms in total. The number of nitrogens with one attached hydrogen (secondary N) is 1. The summed E-state index contributed by atoms with van der Waals surface area (Å²) >= 11 is 0. The number of nitrogens with zero attached hydrogens (tertiary/aromatic N) is 1.